The summed E-state index contributed by atoms with van der Waals surface area (Å²) in [6.07, 6.45) is 1.15. The molecule has 1 aromatic heterocycles. The molecule has 0 aliphatic rings. The average molecular weight is 485 g/mol. The maximum Gasteiger partial charge on any atom is 0.326 e. The number of nitrogens with one attached hydrogen (secondary N) is 2. The Morgan fingerprint density at radius 2 is 1.50 bits per heavy atom. The van der Waals surface area contributed by atoms with Crippen molar-refractivity contribution in [3.05, 3.63) is 81.4 Å². The summed E-state index contributed by atoms with van der Waals surface area (Å²) in [6, 6.07) is 11.8. The van der Waals surface area contributed by atoms with E-state index in [0.717, 1.165) is 6.20 Å². The number of carbonyl (C=O) groups is 2. The summed E-state index contributed by atoms with van der Waals surface area (Å²) in [5, 5.41) is 4.83. The molecule has 0 bridgehead atoms. The smallest absolute Gasteiger partial charge is 0.306 e. The number of benzene rings is 2. The number of urea groups is 1. The zero-order chi connectivity index (χ0) is 21.9. The van der Waals surface area contributed by atoms with Gasteiger partial charge >= 0.3 is 6.03 Å². The van der Waals surface area contributed by atoms with Gasteiger partial charge in [-0.25, -0.2) is 18.2 Å². The summed E-state index contributed by atoms with van der Waals surface area (Å²) in [5.41, 5.74) is 0.124. The lowest BCUT2D eigenvalue weighted by Crippen LogP contribution is -2.34. The van der Waals surface area contributed by atoms with Crippen molar-refractivity contribution in [1.29, 1.82) is 0 Å². The topological polar surface area (TPSA) is 105 Å². The van der Waals surface area contributed by atoms with Crippen molar-refractivity contribution in [2.75, 3.05) is 5.32 Å². The number of imide groups is 1. The third kappa shape index (κ3) is 4.91. The van der Waals surface area contributed by atoms with E-state index in [4.69, 9.17) is 34.8 Å². The minimum absolute atomic E-state index is 0.0278. The van der Waals surface area contributed by atoms with E-state index in [1.807, 2.05) is 0 Å². The van der Waals surface area contributed by atoms with Crippen molar-refractivity contribution < 1.29 is 18.0 Å². The molecule has 0 spiro atoms. The number of nitrogens with zero attached hydrogens (tertiary/aromatic N) is 1. The molecule has 0 fully saturated rings. The first-order valence-electron chi connectivity index (χ1n) is 8.21. The maximum absolute atomic E-state index is 12.6. The van der Waals surface area contributed by atoms with Gasteiger partial charge in [0, 0.05) is 5.02 Å². The van der Waals surface area contributed by atoms with Crippen LogP contribution in [0.25, 0.3) is 0 Å². The molecule has 3 aromatic rings. The molecule has 2 aromatic carbocycles. The number of hydrogen-bond acceptors (Lipinski definition) is 5. The van der Waals surface area contributed by atoms with Gasteiger partial charge in [-0.1, -0.05) is 40.9 Å². The van der Waals surface area contributed by atoms with Gasteiger partial charge in [-0.3, -0.25) is 10.1 Å². The number of pyridine rings is 1. The Labute approximate surface area is 186 Å². The Kier molecular flexibility index (Phi) is 6.62. The summed E-state index contributed by atoms with van der Waals surface area (Å²) in [5.74, 6) is -0.794. The van der Waals surface area contributed by atoms with E-state index in [0.29, 0.717) is 5.02 Å². The fraction of sp³-hybridized carbons (Fsp3) is 0. The van der Waals surface area contributed by atoms with Crippen LogP contribution < -0.4 is 10.6 Å². The van der Waals surface area contributed by atoms with Gasteiger partial charge in [-0.2, -0.15) is 0 Å². The number of halogens is 3. The van der Waals surface area contributed by atoms with Crippen molar-refractivity contribution in [2.45, 2.75) is 9.92 Å². The molecule has 11 heteroatoms. The first kappa shape index (κ1) is 22.0. The predicted molar refractivity (Wildman–Crippen MR) is 114 cm³/mol. The van der Waals surface area contributed by atoms with Crippen LogP contribution in [0.3, 0.4) is 0 Å². The standard InChI is InChI=1S/C19H12Cl3N3O4S/c20-11-4-7-13(8-5-11)30(28,29)16-9-6-12(10-23-16)24-19(27)25-18(26)17-14(21)2-1-3-15(17)22/h1-10H,(H2,24,25,26,27). The van der Waals surface area contributed by atoms with Crippen LogP contribution in [-0.4, -0.2) is 25.3 Å². The highest BCUT2D eigenvalue weighted by atomic mass is 35.5. The summed E-state index contributed by atoms with van der Waals surface area (Å²) < 4.78 is 25.1. The van der Waals surface area contributed by atoms with E-state index in [1.54, 1.807) is 6.07 Å². The van der Waals surface area contributed by atoms with Crippen LogP contribution in [0, 0.1) is 0 Å². The molecule has 0 unspecified atom stereocenters. The number of anilines is 1. The van der Waals surface area contributed by atoms with Crippen molar-refractivity contribution >= 4 is 62.3 Å². The van der Waals surface area contributed by atoms with E-state index < -0.39 is 21.8 Å². The van der Waals surface area contributed by atoms with Gasteiger partial charge in [0.25, 0.3) is 5.91 Å². The fourth-order valence-corrected chi connectivity index (χ4v) is 4.26. The monoisotopic (exact) mass is 483 g/mol. The van der Waals surface area contributed by atoms with Crippen LogP contribution in [0.1, 0.15) is 10.4 Å². The molecule has 0 saturated heterocycles. The first-order chi connectivity index (χ1) is 14.2. The molecule has 3 rings (SSSR count). The van der Waals surface area contributed by atoms with E-state index in [2.05, 4.69) is 15.6 Å². The van der Waals surface area contributed by atoms with E-state index in [-0.39, 0.29) is 31.2 Å². The van der Waals surface area contributed by atoms with Crippen molar-refractivity contribution in [3.63, 3.8) is 0 Å². The molecule has 0 saturated carbocycles. The Balaban J connectivity index is 1.70. The van der Waals surface area contributed by atoms with Crippen molar-refractivity contribution in [1.82, 2.24) is 10.3 Å². The van der Waals surface area contributed by atoms with Crippen molar-refractivity contribution in [2.24, 2.45) is 0 Å². The normalized spacial score (nSPS) is 11.0. The largest absolute Gasteiger partial charge is 0.326 e. The molecular weight excluding hydrogens is 473 g/mol. The minimum atomic E-state index is -3.85. The Bertz CT molecular complexity index is 1190. The summed E-state index contributed by atoms with van der Waals surface area (Å²) in [4.78, 5) is 28.2. The van der Waals surface area contributed by atoms with Gasteiger partial charge in [0.05, 0.1) is 32.4 Å². The average Bonchev–Trinajstić information content (AvgIpc) is 2.68. The number of amides is 3. The molecular formula is C19H12Cl3N3O4S. The number of sulfone groups is 1. The molecule has 154 valence electrons. The Morgan fingerprint density at radius 3 is 2.07 bits per heavy atom. The quantitative estimate of drug-likeness (QED) is 0.551. The molecule has 7 nitrogen and oxygen atoms in total. The molecule has 3 amide bonds. The predicted octanol–water partition coefficient (Wildman–Crippen LogP) is 4.84. The molecule has 0 aliphatic heterocycles. The van der Waals surface area contributed by atoms with Crippen molar-refractivity contribution in [3.8, 4) is 0 Å². The van der Waals surface area contributed by atoms with Crippen LogP contribution in [-0.2, 0) is 9.84 Å². The molecule has 2 N–H and O–H groups in total. The first-order valence-corrected chi connectivity index (χ1v) is 10.8. The zero-order valence-corrected chi connectivity index (χ0v) is 18.0. The lowest BCUT2D eigenvalue weighted by Gasteiger charge is -2.09. The molecule has 0 atom stereocenters. The Morgan fingerprint density at radius 1 is 0.867 bits per heavy atom. The number of rotatable bonds is 4. The second-order valence-electron chi connectivity index (χ2n) is 5.85. The lowest BCUT2D eigenvalue weighted by molar-refractivity contribution is 0.0967. The summed E-state index contributed by atoms with van der Waals surface area (Å²) in [6.45, 7) is 0. The van der Waals surface area contributed by atoms with E-state index in [1.165, 1.54) is 48.5 Å². The van der Waals surface area contributed by atoms with Gasteiger partial charge < -0.3 is 5.32 Å². The van der Waals surface area contributed by atoms with E-state index >= 15 is 0 Å². The van der Waals surface area contributed by atoms with Gasteiger partial charge in [0.15, 0.2) is 5.03 Å². The van der Waals surface area contributed by atoms with Gasteiger partial charge in [0.2, 0.25) is 9.84 Å². The highest BCUT2D eigenvalue weighted by molar-refractivity contribution is 7.91. The van der Waals surface area contributed by atoms with Crippen LogP contribution in [0.2, 0.25) is 15.1 Å². The second-order valence-corrected chi connectivity index (χ2v) is 8.99. The van der Waals surface area contributed by atoms with E-state index in [9.17, 15) is 18.0 Å². The number of aromatic nitrogens is 1. The highest BCUT2D eigenvalue weighted by Crippen LogP contribution is 2.24. The van der Waals surface area contributed by atoms with Gasteiger partial charge in [0.1, 0.15) is 0 Å². The van der Waals surface area contributed by atoms with Gasteiger partial charge in [-0.05, 0) is 48.5 Å². The van der Waals surface area contributed by atoms with Crippen LogP contribution in [0.4, 0.5) is 10.5 Å². The van der Waals surface area contributed by atoms with Gasteiger partial charge in [-0.15, -0.1) is 0 Å². The van der Waals surface area contributed by atoms with Crippen LogP contribution in [0.15, 0.2) is 70.7 Å². The SMILES string of the molecule is O=C(NC(=O)c1c(Cl)cccc1Cl)Nc1ccc(S(=O)(=O)c2ccc(Cl)cc2)nc1. The Hall–Kier alpha value is -2.65. The number of hydrogen-bond donors (Lipinski definition) is 2. The molecule has 1 heterocycles. The van der Waals surface area contributed by atoms with Crippen LogP contribution in [0.5, 0.6) is 0 Å². The third-order valence-electron chi connectivity index (χ3n) is 3.81. The zero-order valence-electron chi connectivity index (χ0n) is 14.9. The molecule has 0 radical (unpaired) electrons. The lowest BCUT2D eigenvalue weighted by atomic mass is 10.2. The summed E-state index contributed by atoms with van der Waals surface area (Å²) >= 11 is 17.6. The highest BCUT2D eigenvalue weighted by Gasteiger charge is 2.20. The maximum atomic E-state index is 12.6. The summed E-state index contributed by atoms with van der Waals surface area (Å²) in [7, 11) is -3.85. The minimum Gasteiger partial charge on any atom is -0.306 e. The second kappa shape index (κ2) is 9.01. The number of carbonyl (C=O) groups excluding carboxylic acids is 2. The third-order valence-corrected chi connectivity index (χ3v) is 6.38. The fourth-order valence-electron chi connectivity index (χ4n) is 2.39. The molecule has 30 heavy (non-hydrogen) atoms. The van der Waals surface area contributed by atoms with Crippen LogP contribution >= 0.6 is 34.8 Å². The molecule has 0 aliphatic carbocycles.